The van der Waals surface area contributed by atoms with E-state index in [1.165, 1.54) is 0 Å². The maximum Gasteiger partial charge on any atom is 0.101 e. The second-order valence-electron chi connectivity index (χ2n) is 6.61. The van der Waals surface area contributed by atoms with Gasteiger partial charge in [0.05, 0.1) is 22.5 Å². The minimum absolute atomic E-state index is 0.209. The fourth-order valence-electron chi connectivity index (χ4n) is 2.97. The molecule has 1 aromatic rings. The Morgan fingerprint density at radius 1 is 1.16 bits per heavy atom. The Labute approximate surface area is 115 Å². The number of anilines is 1. The first kappa shape index (κ1) is 13.9. The van der Waals surface area contributed by atoms with Gasteiger partial charge in [-0.25, -0.2) is 0 Å². The molecule has 1 aliphatic heterocycles. The van der Waals surface area contributed by atoms with E-state index in [2.05, 4.69) is 44.7 Å². The molecular formula is C16H22N2O. The van der Waals surface area contributed by atoms with E-state index in [-0.39, 0.29) is 11.2 Å². The molecule has 0 radical (unpaired) electrons. The smallest absolute Gasteiger partial charge is 0.101 e. The molecule has 2 rings (SSSR count). The Morgan fingerprint density at radius 3 is 2.26 bits per heavy atom. The normalized spacial score (nSPS) is 20.9. The first-order chi connectivity index (χ1) is 8.72. The quantitative estimate of drug-likeness (QED) is 0.775. The molecule has 3 nitrogen and oxygen atoms in total. The number of benzene rings is 1. The lowest BCUT2D eigenvalue weighted by Gasteiger charge is -2.48. The van der Waals surface area contributed by atoms with Crippen LogP contribution in [0.25, 0.3) is 0 Å². The van der Waals surface area contributed by atoms with Gasteiger partial charge < -0.3 is 9.64 Å². The van der Waals surface area contributed by atoms with Gasteiger partial charge in [0.15, 0.2) is 0 Å². The van der Waals surface area contributed by atoms with Gasteiger partial charge in [-0.2, -0.15) is 5.26 Å². The average Bonchev–Trinajstić information content (AvgIpc) is 2.24. The highest BCUT2D eigenvalue weighted by Crippen LogP contribution is 2.33. The van der Waals surface area contributed by atoms with Gasteiger partial charge >= 0.3 is 0 Å². The zero-order valence-electron chi connectivity index (χ0n) is 12.4. The van der Waals surface area contributed by atoms with Crippen molar-refractivity contribution in [2.75, 3.05) is 18.0 Å². The van der Waals surface area contributed by atoms with Crippen molar-refractivity contribution in [3.05, 3.63) is 29.3 Å². The molecule has 0 bridgehead atoms. The molecule has 102 valence electrons. The van der Waals surface area contributed by atoms with Crippen LogP contribution in [0.5, 0.6) is 0 Å². The zero-order valence-corrected chi connectivity index (χ0v) is 12.4. The van der Waals surface area contributed by atoms with Crippen LogP contribution < -0.4 is 4.90 Å². The maximum atomic E-state index is 9.33. The number of morpholine rings is 1. The lowest BCUT2D eigenvalue weighted by molar-refractivity contribution is -0.133. The van der Waals surface area contributed by atoms with E-state index in [4.69, 9.17) is 4.74 Å². The highest BCUT2D eigenvalue weighted by molar-refractivity contribution is 5.61. The van der Waals surface area contributed by atoms with Crippen molar-refractivity contribution in [3.8, 4) is 6.07 Å². The van der Waals surface area contributed by atoms with Crippen LogP contribution in [-0.4, -0.2) is 24.3 Å². The summed E-state index contributed by atoms with van der Waals surface area (Å²) in [5.74, 6) is 0. The summed E-state index contributed by atoms with van der Waals surface area (Å²) >= 11 is 0. The second kappa shape index (κ2) is 4.54. The van der Waals surface area contributed by atoms with Gasteiger partial charge in [-0.15, -0.1) is 0 Å². The van der Waals surface area contributed by atoms with Crippen molar-refractivity contribution >= 4 is 5.69 Å². The van der Waals surface area contributed by atoms with Crippen LogP contribution in [0.1, 0.15) is 38.8 Å². The standard InChI is InChI=1S/C16H22N2O/c1-12-6-7-14(13(8-12)9-17)18-10-15(2,3)19-16(4,5)11-18/h6-8H,10-11H2,1-5H3. The summed E-state index contributed by atoms with van der Waals surface area (Å²) in [5.41, 5.74) is 2.46. The van der Waals surface area contributed by atoms with Crippen molar-refractivity contribution in [1.29, 1.82) is 5.26 Å². The number of ether oxygens (including phenoxy) is 1. The fraction of sp³-hybridized carbons (Fsp3) is 0.562. The van der Waals surface area contributed by atoms with E-state index in [1.54, 1.807) is 0 Å². The molecule has 0 saturated carbocycles. The monoisotopic (exact) mass is 258 g/mol. The lowest BCUT2D eigenvalue weighted by atomic mass is 9.97. The summed E-state index contributed by atoms with van der Waals surface area (Å²) in [6.07, 6.45) is 0. The molecule has 1 saturated heterocycles. The first-order valence-corrected chi connectivity index (χ1v) is 6.68. The van der Waals surface area contributed by atoms with E-state index in [9.17, 15) is 5.26 Å². The maximum absolute atomic E-state index is 9.33. The van der Waals surface area contributed by atoms with Crippen LogP contribution in [0.3, 0.4) is 0 Å². The first-order valence-electron chi connectivity index (χ1n) is 6.68. The van der Waals surface area contributed by atoms with Gasteiger partial charge in [0.2, 0.25) is 0 Å². The molecular weight excluding hydrogens is 236 g/mol. The molecule has 0 aliphatic carbocycles. The third kappa shape index (κ3) is 3.08. The number of nitriles is 1. The van der Waals surface area contributed by atoms with Gasteiger partial charge in [-0.3, -0.25) is 0 Å². The minimum Gasteiger partial charge on any atom is -0.366 e. The van der Waals surface area contributed by atoms with Gasteiger partial charge in [-0.1, -0.05) is 6.07 Å². The Bertz CT molecular complexity index is 510. The molecule has 0 amide bonds. The minimum atomic E-state index is -0.209. The van der Waals surface area contributed by atoms with Crippen molar-refractivity contribution in [1.82, 2.24) is 0 Å². The Balaban J connectivity index is 2.39. The second-order valence-corrected chi connectivity index (χ2v) is 6.61. The average molecular weight is 258 g/mol. The molecule has 0 aromatic heterocycles. The SMILES string of the molecule is Cc1ccc(N2CC(C)(C)OC(C)(C)C2)c(C#N)c1. The topological polar surface area (TPSA) is 36.3 Å². The van der Waals surface area contributed by atoms with Gasteiger partial charge in [0.1, 0.15) is 6.07 Å². The third-order valence-electron chi connectivity index (χ3n) is 3.31. The third-order valence-corrected chi connectivity index (χ3v) is 3.31. The summed E-state index contributed by atoms with van der Waals surface area (Å²) in [6.45, 7) is 12.0. The van der Waals surface area contributed by atoms with Crippen LogP contribution in [-0.2, 0) is 4.74 Å². The molecule has 19 heavy (non-hydrogen) atoms. The largest absolute Gasteiger partial charge is 0.366 e. The van der Waals surface area contributed by atoms with E-state index in [1.807, 2.05) is 19.1 Å². The van der Waals surface area contributed by atoms with E-state index in [0.29, 0.717) is 0 Å². The molecule has 0 unspecified atom stereocenters. The summed E-state index contributed by atoms with van der Waals surface area (Å²) in [6, 6.07) is 8.36. The molecule has 0 atom stereocenters. The zero-order chi connectivity index (χ0) is 14.3. The molecule has 1 heterocycles. The Kier molecular flexibility index (Phi) is 3.32. The van der Waals surface area contributed by atoms with Gasteiger partial charge in [0, 0.05) is 13.1 Å². The van der Waals surface area contributed by atoms with Crippen LogP contribution in [0, 0.1) is 18.3 Å². The number of aryl methyl sites for hydroxylation is 1. The van der Waals surface area contributed by atoms with Crippen molar-refractivity contribution in [3.63, 3.8) is 0 Å². The number of nitrogens with zero attached hydrogens (tertiary/aromatic N) is 2. The molecule has 3 heteroatoms. The Hall–Kier alpha value is -1.53. The summed E-state index contributed by atoms with van der Waals surface area (Å²) in [4.78, 5) is 2.27. The lowest BCUT2D eigenvalue weighted by Crippen LogP contribution is -2.57. The van der Waals surface area contributed by atoms with Gasteiger partial charge in [-0.05, 0) is 52.3 Å². The van der Waals surface area contributed by atoms with Crippen LogP contribution in [0.15, 0.2) is 18.2 Å². The van der Waals surface area contributed by atoms with Crippen molar-refractivity contribution < 1.29 is 4.74 Å². The molecule has 0 N–H and O–H groups in total. The Morgan fingerprint density at radius 2 is 1.74 bits per heavy atom. The molecule has 1 aliphatic rings. The molecule has 1 aromatic carbocycles. The fourth-order valence-corrected chi connectivity index (χ4v) is 2.97. The summed E-state index contributed by atoms with van der Waals surface area (Å²) in [5, 5.41) is 9.33. The highest BCUT2D eigenvalue weighted by Gasteiger charge is 2.38. The molecule has 0 spiro atoms. The van der Waals surface area contributed by atoms with E-state index < -0.39 is 0 Å². The van der Waals surface area contributed by atoms with Crippen molar-refractivity contribution in [2.24, 2.45) is 0 Å². The predicted octanol–water partition coefficient (Wildman–Crippen LogP) is 3.26. The highest BCUT2D eigenvalue weighted by atomic mass is 16.5. The predicted molar refractivity (Wildman–Crippen MR) is 77.4 cm³/mol. The van der Waals surface area contributed by atoms with Gasteiger partial charge in [0.25, 0.3) is 0 Å². The van der Waals surface area contributed by atoms with Crippen LogP contribution in [0.4, 0.5) is 5.69 Å². The van der Waals surface area contributed by atoms with E-state index in [0.717, 1.165) is 29.9 Å². The van der Waals surface area contributed by atoms with Crippen molar-refractivity contribution in [2.45, 2.75) is 45.8 Å². The number of hydrogen-bond donors (Lipinski definition) is 0. The summed E-state index contributed by atoms with van der Waals surface area (Å²) in [7, 11) is 0. The number of hydrogen-bond acceptors (Lipinski definition) is 3. The van der Waals surface area contributed by atoms with Crippen LogP contribution >= 0.6 is 0 Å². The van der Waals surface area contributed by atoms with Crippen LogP contribution in [0.2, 0.25) is 0 Å². The summed E-state index contributed by atoms with van der Waals surface area (Å²) < 4.78 is 6.09. The van der Waals surface area contributed by atoms with E-state index >= 15 is 0 Å². The molecule has 1 fully saturated rings. The number of rotatable bonds is 1.